The van der Waals surface area contributed by atoms with Crippen LogP contribution in [0.25, 0.3) is 0 Å². The zero-order valence-electron chi connectivity index (χ0n) is 11.6. The molecular formula is C15H18N2O4. The van der Waals surface area contributed by atoms with E-state index in [1.165, 1.54) is 0 Å². The third-order valence-electron chi connectivity index (χ3n) is 4.32. The summed E-state index contributed by atoms with van der Waals surface area (Å²) in [4.78, 5) is 24.6. The maximum absolute atomic E-state index is 12.2. The van der Waals surface area contributed by atoms with Crippen LogP contribution in [-0.4, -0.2) is 46.2 Å². The lowest BCUT2D eigenvalue weighted by Crippen LogP contribution is -2.44. The summed E-state index contributed by atoms with van der Waals surface area (Å²) in [5.74, 6) is -1.03. The van der Waals surface area contributed by atoms with Gasteiger partial charge in [-0.05, 0) is 36.5 Å². The smallest absolute Gasteiger partial charge is 0.317 e. The lowest BCUT2D eigenvalue weighted by atomic mass is 10.1. The van der Waals surface area contributed by atoms with Gasteiger partial charge in [-0.3, -0.25) is 4.79 Å². The van der Waals surface area contributed by atoms with Crippen LogP contribution in [0, 0.1) is 5.92 Å². The van der Waals surface area contributed by atoms with Crippen molar-refractivity contribution >= 4 is 12.0 Å². The van der Waals surface area contributed by atoms with E-state index in [4.69, 9.17) is 5.11 Å². The Hall–Kier alpha value is -2.24. The van der Waals surface area contributed by atoms with Crippen LogP contribution in [0.5, 0.6) is 5.75 Å². The van der Waals surface area contributed by atoms with Crippen LogP contribution >= 0.6 is 0 Å². The van der Waals surface area contributed by atoms with E-state index >= 15 is 0 Å². The molecule has 1 aliphatic heterocycles. The third-order valence-corrected chi connectivity index (χ3v) is 4.32. The third kappa shape index (κ3) is 2.66. The van der Waals surface area contributed by atoms with Crippen LogP contribution in [0.2, 0.25) is 0 Å². The number of aliphatic carboxylic acids is 1. The molecule has 1 saturated heterocycles. The highest BCUT2D eigenvalue weighted by Gasteiger charge is 2.32. The van der Waals surface area contributed by atoms with Crippen LogP contribution in [0.1, 0.15) is 17.5 Å². The van der Waals surface area contributed by atoms with Gasteiger partial charge in [-0.25, -0.2) is 4.79 Å². The predicted molar refractivity (Wildman–Crippen MR) is 75.2 cm³/mol. The zero-order valence-corrected chi connectivity index (χ0v) is 11.6. The number of rotatable bonds is 2. The van der Waals surface area contributed by atoms with Crippen molar-refractivity contribution in [2.45, 2.75) is 25.3 Å². The van der Waals surface area contributed by atoms with Crippen LogP contribution in [0.15, 0.2) is 18.2 Å². The minimum atomic E-state index is -0.844. The normalized spacial score (nSPS) is 23.9. The fraction of sp³-hybridized carbons (Fsp3) is 0.467. The Morgan fingerprint density at radius 2 is 2.10 bits per heavy atom. The molecule has 2 unspecified atom stereocenters. The van der Waals surface area contributed by atoms with Gasteiger partial charge in [-0.2, -0.15) is 0 Å². The monoisotopic (exact) mass is 290 g/mol. The zero-order chi connectivity index (χ0) is 15.0. The SMILES string of the molecule is O=C(O)C1CCN(C(=O)NC2Cc3cccc(O)c3C2)C1. The Bertz CT molecular complexity index is 587. The average Bonchev–Trinajstić information content (AvgIpc) is 3.05. The molecule has 3 N–H and O–H groups in total. The van der Waals surface area contributed by atoms with Gasteiger partial charge >= 0.3 is 12.0 Å². The number of likely N-dealkylation sites (tertiary alicyclic amines) is 1. The van der Waals surface area contributed by atoms with Crippen LogP contribution < -0.4 is 5.32 Å². The van der Waals surface area contributed by atoms with Gasteiger partial charge in [0.25, 0.3) is 0 Å². The maximum Gasteiger partial charge on any atom is 0.317 e. The first-order chi connectivity index (χ1) is 10.0. The van der Waals surface area contributed by atoms with E-state index in [0.29, 0.717) is 25.8 Å². The number of nitrogens with one attached hydrogen (secondary N) is 1. The van der Waals surface area contributed by atoms with E-state index in [2.05, 4.69) is 5.32 Å². The van der Waals surface area contributed by atoms with Gasteiger partial charge in [0.15, 0.2) is 0 Å². The van der Waals surface area contributed by atoms with Gasteiger partial charge in [0.05, 0.1) is 5.92 Å². The number of carbonyl (C=O) groups is 2. The molecule has 112 valence electrons. The van der Waals surface area contributed by atoms with Crippen molar-refractivity contribution in [3.8, 4) is 5.75 Å². The molecule has 2 amide bonds. The quantitative estimate of drug-likeness (QED) is 0.757. The fourth-order valence-electron chi connectivity index (χ4n) is 3.15. The number of phenolic OH excluding ortho intramolecular Hbond substituents is 1. The van der Waals surface area contributed by atoms with E-state index in [9.17, 15) is 14.7 Å². The number of amides is 2. The fourth-order valence-corrected chi connectivity index (χ4v) is 3.15. The van der Waals surface area contributed by atoms with Crippen LogP contribution in [0.4, 0.5) is 4.79 Å². The van der Waals surface area contributed by atoms with Crippen molar-refractivity contribution in [1.82, 2.24) is 10.2 Å². The van der Waals surface area contributed by atoms with Crippen LogP contribution in [0.3, 0.4) is 0 Å². The minimum absolute atomic E-state index is 0.0373. The highest BCUT2D eigenvalue weighted by molar-refractivity contribution is 5.77. The van der Waals surface area contributed by atoms with E-state index in [-0.39, 0.29) is 24.4 Å². The number of carboxylic acid groups (broad SMARTS) is 1. The maximum atomic E-state index is 12.2. The first kappa shape index (κ1) is 13.7. The van der Waals surface area contributed by atoms with E-state index < -0.39 is 11.9 Å². The van der Waals surface area contributed by atoms with Crippen molar-refractivity contribution in [1.29, 1.82) is 0 Å². The molecule has 1 heterocycles. The molecule has 2 aliphatic rings. The summed E-state index contributed by atoms with van der Waals surface area (Å²) in [6, 6.07) is 5.16. The molecule has 0 radical (unpaired) electrons. The molecule has 1 aromatic rings. The van der Waals surface area contributed by atoms with Crippen molar-refractivity contribution < 1.29 is 19.8 Å². The Balaban J connectivity index is 1.58. The molecule has 6 nitrogen and oxygen atoms in total. The Morgan fingerprint density at radius 1 is 1.29 bits per heavy atom. The van der Waals surface area contributed by atoms with E-state index in [1.807, 2.05) is 6.07 Å². The Labute approximate surface area is 122 Å². The van der Waals surface area contributed by atoms with Crippen molar-refractivity contribution in [3.05, 3.63) is 29.3 Å². The number of fused-ring (bicyclic) bond motifs is 1. The van der Waals surface area contributed by atoms with Gasteiger partial charge < -0.3 is 20.4 Å². The molecule has 6 heteroatoms. The van der Waals surface area contributed by atoms with Gasteiger partial charge in [0, 0.05) is 19.1 Å². The molecule has 21 heavy (non-hydrogen) atoms. The number of aromatic hydroxyl groups is 1. The van der Waals surface area contributed by atoms with E-state index in [1.54, 1.807) is 17.0 Å². The second-order valence-corrected chi connectivity index (χ2v) is 5.74. The number of carbonyl (C=O) groups excluding carboxylic acids is 1. The molecule has 1 aliphatic carbocycles. The number of phenols is 1. The van der Waals surface area contributed by atoms with E-state index in [0.717, 1.165) is 11.1 Å². The molecule has 0 saturated carbocycles. The number of urea groups is 1. The molecular weight excluding hydrogens is 272 g/mol. The number of hydrogen-bond donors (Lipinski definition) is 3. The number of hydrogen-bond acceptors (Lipinski definition) is 3. The van der Waals surface area contributed by atoms with Gasteiger partial charge in [-0.1, -0.05) is 12.1 Å². The molecule has 0 bridgehead atoms. The number of benzene rings is 1. The predicted octanol–water partition coefficient (Wildman–Crippen LogP) is 0.975. The van der Waals surface area contributed by atoms with Gasteiger partial charge in [0.2, 0.25) is 0 Å². The Morgan fingerprint density at radius 3 is 2.76 bits per heavy atom. The molecule has 1 aromatic carbocycles. The number of carboxylic acids is 1. The molecule has 0 spiro atoms. The highest BCUT2D eigenvalue weighted by Crippen LogP contribution is 2.29. The summed E-state index contributed by atoms with van der Waals surface area (Å²) in [5.41, 5.74) is 1.96. The molecule has 2 atom stereocenters. The average molecular weight is 290 g/mol. The molecule has 0 aromatic heterocycles. The molecule has 3 rings (SSSR count). The standard InChI is InChI=1S/C15H18N2O4/c18-13-3-1-2-9-6-11(7-12(9)13)16-15(21)17-5-4-10(8-17)14(19)20/h1-3,10-11,18H,4-8H2,(H,16,21)(H,19,20). The number of nitrogens with zero attached hydrogens (tertiary/aromatic N) is 1. The van der Waals surface area contributed by atoms with Gasteiger partial charge in [-0.15, -0.1) is 0 Å². The van der Waals surface area contributed by atoms with Crippen molar-refractivity contribution in [2.24, 2.45) is 5.92 Å². The summed E-state index contributed by atoms with van der Waals surface area (Å²) in [5, 5.41) is 21.7. The largest absolute Gasteiger partial charge is 0.508 e. The summed E-state index contributed by atoms with van der Waals surface area (Å²) in [7, 11) is 0. The van der Waals surface area contributed by atoms with Crippen molar-refractivity contribution in [3.63, 3.8) is 0 Å². The highest BCUT2D eigenvalue weighted by atomic mass is 16.4. The summed E-state index contributed by atoms with van der Waals surface area (Å²) in [6.45, 7) is 0.750. The second-order valence-electron chi connectivity index (χ2n) is 5.74. The topological polar surface area (TPSA) is 89.9 Å². The summed E-state index contributed by atoms with van der Waals surface area (Å²) < 4.78 is 0. The van der Waals surface area contributed by atoms with Crippen molar-refractivity contribution in [2.75, 3.05) is 13.1 Å². The lowest BCUT2D eigenvalue weighted by molar-refractivity contribution is -0.141. The first-order valence-electron chi connectivity index (χ1n) is 7.12. The summed E-state index contributed by atoms with van der Waals surface area (Å²) in [6.07, 6.45) is 1.82. The van der Waals surface area contributed by atoms with Crippen LogP contribution in [-0.2, 0) is 17.6 Å². The van der Waals surface area contributed by atoms with Gasteiger partial charge in [0.1, 0.15) is 5.75 Å². The lowest BCUT2D eigenvalue weighted by Gasteiger charge is -2.20. The second kappa shape index (κ2) is 5.27. The minimum Gasteiger partial charge on any atom is -0.508 e. The first-order valence-corrected chi connectivity index (χ1v) is 7.12. The Kier molecular flexibility index (Phi) is 3.45. The molecule has 1 fully saturated rings. The summed E-state index contributed by atoms with van der Waals surface area (Å²) >= 11 is 0.